The molecule has 2 aromatic carbocycles. The Hall–Kier alpha value is -3.80. The van der Waals surface area contributed by atoms with Gasteiger partial charge in [0, 0.05) is 43.4 Å². The van der Waals surface area contributed by atoms with Crippen LogP contribution in [0.4, 0.5) is 24.5 Å². The van der Waals surface area contributed by atoms with E-state index in [4.69, 9.17) is 0 Å². The third kappa shape index (κ3) is 6.61. The maximum Gasteiger partial charge on any atom is 0.423 e. The number of piperazine rings is 1. The molecule has 1 fully saturated rings. The summed E-state index contributed by atoms with van der Waals surface area (Å²) in [5, 5.41) is 11.1. The van der Waals surface area contributed by atoms with Crippen LogP contribution in [0.15, 0.2) is 52.4 Å². The molecule has 1 aromatic heterocycles. The zero-order valence-electron chi connectivity index (χ0n) is 24.1. The highest BCUT2D eigenvalue weighted by molar-refractivity contribution is 7.89. The van der Waals surface area contributed by atoms with Crippen LogP contribution in [-0.4, -0.2) is 75.8 Å². The fourth-order valence-corrected chi connectivity index (χ4v) is 7.75. The summed E-state index contributed by atoms with van der Waals surface area (Å²) in [6.07, 6.45) is -1.78. The predicted molar refractivity (Wildman–Crippen MR) is 159 cm³/mol. The van der Waals surface area contributed by atoms with Crippen LogP contribution in [-0.2, 0) is 25.8 Å². The maximum atomic E-state index is 13.4. The molecule has 0 spiro atoms. The summed E-state index contributed by atoms with van der Waals surface area (Å²) >= 11 is 0.973. The van der Waals surface area contributed by atoms with Gasteiger partial charge in [0.05, 0.1) is 22.3 Å². The van der Waals surface area contributed by atoms with Gasteiger partial charge < -0.3 is 4.90 Å². The number of sulfonamides is 1. The zero-order valence-corrected chi connectivity index (χ0v) is 25.8. The third-order valence-electron chi connectivity index (χ3n) is 8.03. The van der Waals surface area contributed by atoms with Gasteiger partial charge >= 0.3 is 6.18 Å². The number of carbonyl (C=O) groups is 2. The first-order valence-electron chi connectivity index (χ1n) is 14.2. The average molecular weight is 667 g/mol. The van der Waals surface area contributed by atoms with Crippen LogP contribution in [0.1, 0.15) is 44.6 Å². The van der Waals surface area contributed by atoms with E-state index in [1.54, 1.807) is 18.2 Å². The molecule has 12 nitrogen and oxygen atoms in total. The van der Waals surface area contributed by atoms with Crippen molar-refractivity contribution in [3.63, 3.8) is 0 Å². The number of halogens is 3. The van der Waals surface area contributed by atoms with Gasteiger partial charge in [0.2, 0.25) is 10.0 Å². The van der Waals surface area contributed by atoms with Crippen molar-refractivity contribution in [3.05, 3.63) is 63.2 Å². The minimum Gasteiger partial charge on any atom is -0.301 e. The average Bonchev–Trinajstić information content (AvgIpc) is 3.56. The summed E-state index contributed by atoms with van der Waals surface area (Å²) in [4.78, 5) is 38.7. The Morgan fingerprint density at radius 1 is 0.978 bits per heavy atom. The first-order chi connectivity index (χ1) is 21.3. The molecule has 0 atom stereocenters. The number of aromatic nitrogens is 2. The van der Waals surface area contributed by atoms with Crippen molar-refractivity contribution in [2.24, 2.45) is 0 Å². The lowest BCUT2D eigenvalue weighted by molar-refractivity contribution is -0.388. The van der Waals surface area contributed by atoms with Crippen LogP contribution in [0.5, 0.6) is 0 Å². The third-order valence-corrected chi connectivity index (χ3v) is 10.5. The molecule has 2 amide bonds. The van der Waals surface area contributed by atoms with E-state index < -0.39 is 44.2 Å². The Labute approximate surface area is 260 Å². The monoisotopic (exact) mass is 666 g/mol. The molecule has 2 aliphatic rings. The number of fused-ring (bicyclic) bond motifs is 1. The molecule has 0 unspecified atom stereocenters. The second-order valence-electron chi connectivity index (χ2n) is 10.8. The second kappa shape index (κ2) is 12.9. The molecule has 1 saturated heterocycles. The van der Waals surface area contributed by atoms with E-state index in [2.05, 4.69) is 13.6 Å². The van der Waals surface area contributed by atoms with Crippen LogP contribution in [0, 0.1) is 10.1 Å². The SMILES string of the molecule is CC1=C(CCCCCCN2CCN(S(=O)(=O)c3cccc4nsnc34)CC2)C(=O)N(c2ccc([N+](=O)[O-])c(C(F)(F)F)c2)C1=O. The summed E-state index contributed by atoms with van der Waals surface area (Å²) in [5.41, 5.74) is -1.78. The minimum atomic E-state index is -5.05. The Morgan fingerprint density at radius 2 is 1.69 bits per heavy atom. The molecular weight excluding hydrogens is 637 g/mol. The van der Waals surface area contributed by atoms with E-state index in [-0.39, 0.29) is 28.1 Å². The molecule has 45 heavy (non-hydrogen) atoms. The largest absolute Gasteiger partial charge is 0.423 e. The van der Waals surface area contributed by atoms with Crippen molar-refractivity contribution < 1.29 is 36.1 Å². The van der Waals surface area contributed by atoms with Gasteiger partial charge in [0.15, 0.2) is 0 Å². The van der Waals surface area contributed by atoms with Crippen molar-refractivity contribution in [3.8, 4) is 0 Å². The molecule has 0 radical (unpaired) electrons. The molecule has 17 heteroatoms. The maximum absolute atomic E-state index is 13.4. The van der Waals surface area contributed by atoms with Gasteiger partial charge in [-0.2, -0.15) is 26.2 Å². The number of hydrogen-bond donors (Lipinski definition) is 0. The number of alkyl halides is 3. The quantitative estimate of drug-likeness (QED) is 0.122. The summed E-state index contributed by atoms with van der Waals surface area (Å²) in [5.74, 6) is -1.48. The summed E-state index contributed by atoms with van der Waals surface area (Å²) < 4.78 is 76.5. The fraction of sp³-hybridized carbons (Fsp3) is 0.429. The Morgan fingerprint density at radius 3 is 2.38 bits per heavy atom. The van der Waals surface area contributed by atoms with Crippen LogP contribution >= 0.6 is 11.7 Å². The van der Waals surface area contributed by atoms with Gasteiger partial charge in [-0.15, -0.1) is 0 Å². The van der Waals surface area contributed by atoms with Crippen molar-refractivity contribution >= 4 is 56.0 Å². The highest BCUT2D eigenvalue weighted by atomic mass is 32.2. The molecule has 0 saturated carbocycles. The molecule has 2 aliphatic heterocycles. The van der Waals surface area contributed by atoms with Gasteiger partial charge in [-0.1, -0.05) is 18.9 Å². The number of nitro groups is 1. The number of nitrogens with zero attached hydrogens (tertiary/aromatic N) is 6. The standard InChI is InChI=1S/C28H29F3N6O6S2/c1-18-20(27(39)36(26(18)38)19-10-11-23(37(40)41)21(17-19)28(29,30)31)7-4-2-3-5-12-34-13-15-35(16-14-34)45(42,43)24-9-6-8-22-25(24)33-44-32-22/h6,8-11,17H,2-5,7,12-16H2,1H3. The second-order valence-corrected chi connectivity index (χ2v) is 13.2. The van der Waals surface area contributed by atoms with E-state index in [0.29, 0.717) is 60.7 Å². The molecule has 0 bridgehead atoms. The molecule has 3 heterocycles. The smallest absolute Gasteiger partial charge is 0.301 e. The van der Waals surface area contributed by atoms with Crippen LogP contribution in [0.2, 0.25) is 0 Å². The Bertz CT molecular complexity index is 1780. The molecule has 3 aromatic rings. The van der Waals surface area contributed by atoms with Gasteiger partial charge in [-0.05, 0) is 57.0 Å². The van der Waals surface area contributed by atoms with Gasteiger partial charge in [0.25, 0.3) is 17.5 Å². The Balaban J connectivity index is 1.08. The number of hydrogen-bond acceptors (Lipinski definition) is 10. The number of nitro benzene ring substituents is 1. The number of anilines is 1. The molecule has 0 N–H and O–H groups in total. The molecule has 5 rings (SSSR count). The van der Waals surface area contributed by atoms with Crippen LogP contribution < -0.4 is 4.90 Å². The normalized spacial score (nSPS) is 17.2. The van der Waals surface area contributed by atoms with Crippen molar-refractivity contribution in [1.82, 2.24) is 18.0 Å². The fourth-order valence-electron chi connectivity index (χ4n) is 5.58. The summed E-state index contributed by atoms with van der Waals surface area (Å²) in [7, 11) is -3.70. The topological polar surface area (TPSA) is 147 Å². The number of carbonyl (C=O) groups excluding carboxylic acids is 2. The van der Waals surface area contributed by atoms with E-state index in [1.807, 2.05) is 0 Å². The van der Waals surface area contributed by atoms with Gasteiger partial charge in [-0.3, -0.25) is 19.7 Å². The lowest BCUT2D eigenvalue weighted by Crippen LogP contribution is -2.48. The first kappa shape index (κ1) is 32.6. The highest BCUT2D eigenvalue weighted by Crippen LogP contribution is 2.40. The summed E-state index contributed by atoms with van der Waals surface area (Å²) in [6.45, 7) is 4.10. The first-order valence-corrected chi connectivity index (χ1v) is 16.4. The lowest BCUT2D eigenvalue weighted by Gasteiger charge is -2.34. The number of amides is 2. The van der Waals surface area contributed by atoms with E-state index in [0.717, 1.165) is 43.6 Å². The van der Waals surface area contributed by atoms with Crippen molar-refractivity contribution in [1.29, 1.82) is 0 Å². The van der Waals surface area contributed by atoms with Gasteiger partial charge in [0.1, 0.15) is 21.5 Å². The molecule has 0 aliphatic carbocycles. The number of benzene rings is 2. The van der Waals surface area contributed by atoms with Gasteiger partial charge in [-0.25, -0.2) is 13.3 Å². The number of imide groups is 1. The number of unbranched alkanes of at least 4 members (excludes halogenated alkanes) is 3. The zero-order chi connectivity index (χ0) is 32.5. The minimum absolute atomic E-state index is 0.141. The highest BCUT2D eigenvalue weighted by Gasteiger charge is 2.42. The predicted octanol–water partition coefficient (Wildman–Crippen LogP) is 4.77. The molecule has 240 valence electrons. The van der Waals surface area contributed by atoms with E-state index in [1.165, 1.54) is 11.2 Å². The Kier molecular flexibility index (Phi) is 9.34. The summed E-state index contributed by atoms with van der Waals surface area (Å²) in [6, 6.07) is 7.00. The van der Waals surface area contributed by atoms with Crippen molar-refractivity contribution in [2.75, 3.05) is 37.6 Å². The molecular formula is C28H29F3N6O6S2. The lowest BCUT2D eigenvalue weighted by atomic mass is 10.0. The van der Waals surface area contributed by atoms with Crippen LogP contribution in [0.25, 0.3) is 11.0 Å². The van der Waals surface area contributed by atoms with E-state index in [9.17, 15) is 41.3 Å². The van der Waals surface area contributed by atoms with Crippen LogP contribution in [0.3, 0.4) is 0 Å². The van der Waals surface area contributed by atoms with Crippen molar-refractivity contribution in [2.45, 2.75) is 50.1 Å². The van der Waals surface area contributed by atoms with E-state index >= 15 is 0 Å². The number of rotatable bonds is 11.